The first kappa shape index (κ1) is 15.7. The van der Waals surface area contributed by atoms with E-state index in [4.69, 9.17) is 16.3 Å². The van der Waals surface area contributed by atoms with Crippen LogP contribution in [-0.4, -0.2) is 22.5 Å². The molecular weight excluding hydrogens is 334 g/mol. The molecule has 0 fully saturated rings. The van der Waals surface area contributed by atoms with Gasteiger partial charge in [0.2, 0.25) is 0 Å². The molecule has 0 spiro atoms. The molecule has 2 aromatic heterocycles. The Bertz CT molecular complexity index is 879. The Hall–Kier alpha value is -2.18. The largest absolute Gasteiger partial charge is 0.462 e. The molecule has 0 saturated carbocycles. The molecule has 1 aromatic carbocycles. The Morgan fingerprint density at radius 3 is 2.96 bits per heavy atom. The third-order valence-electron chi connectivity index (χ3n) is 3.30. The first-order valence-corrected chi connectivity index (χ1v) is 8.28. The van der Waals surface area contributed by atoms with Gasteiger partial charge in [0.25, 0.3) is 0 Å². The third kappa shape index (κ3) is 3.13. The highest BCUT2D eigenvalue weighted by molar-refractivity contribution is 7.17. The van der Waals surface area contributed by atoms with Gasteiger partial charge in [-0.1, -0.05) is 17.7 Å². The summed E-state index contributed by atoms with van der Waals surface area (Å²) in [5.41, 5.74) is 2.25. The number of thiophene rings is 1. The summed E-state index contributed by atoms with van der Waals surface area (Å²) in [6, 6.07) is 5.65. The molecule has 3 rings (SSSR count). The SMILES string of the molecule is CCOC(=O)c1csc2ncnc(Nc3ccc(C)c(Cl)c3)c12. The molecule has 3 aromatic rings. The monoisotopic (exact) mass is 347 g/mol. The maximum Gasteiger partial charge on any atom is 0.339 e. The number of halogens is 1. The number of carbonyl (C=O) groups excluding carboxylic acids is 1. The van der Waals surface area contributed by atoms with Gasteiger partial charge in [0.1, 0.15) is 17.0 Å². The van der Waals surface area contributed by atoms with Crippen molar-refractivity contribution in [3.63, 3.8) is 0 Å². The van der Waals surface area contributed by atoms with Crippen LogP contribution in [0, 0.1) is 6.92 Å². The molecule has 0 atom stereocenters. The van der Waals surface area contributed by atoms with E-state index in [2.05, 4.69) is 15.3 Å². The van der Waals surface area contributed by atoms with Gasteiger partial charge in [-0.05, 0) is 31.5 Å². The van der Waals surface area contributed by atoms with Crippen LogP contribution in [0.2, 0.25) is 5.02 Å². The van der Waals surface area contributed by atoms with Crippen LogP contribution in [0.5, 0.6) is 0 Å². The van der Waals surface area contributed by atoms with Crippen LogP contribution in [0.3, 0.4) is 0 Å². The number of hydrogen-bond acceptors (Lipinski definition) is 6. The third-order valence-corrected chi connectivity index (χ3v) is 4.59. The fraction of sp³-hybridized carbons (Fsp3) is 0.188. The molecule has 7 heteroatoms. The number of aryl methyl sites for hydroxylation is 1. The predicted molar refractivity (Wildman–Crippen MR) is 92.8 cm³/mol. The lowest BCUT2D eigenvalue weighted by Crippen LogP contribution is -2.05. The standard InChI is InChI=1S/C16H14ClN3O2S/c1-3-22-16(21)11-7-23-15-13(11)14(18-8-19-15)20-10-5-4-9(2)12(17)6-10/h4-8H,3H2,1-2H3,(H,18,19,20). The molecule has 0 saturated heterocycles. The van der Waals surface area contributed by atoms with Gasteiger partial charge in [0, 0.05) is 16.1 Å². The van der Waals surface area contributed by atoms with Crippen molar-refractivity contribution in [3.8, 4) is 0 Å². The molecule has 118 valence electrons. The molecule has 2 heterocycles. The van der Waals surface area contributed by atoms with Gasteiger partial charge in [0.15, 0.2) is 0 Å². The van der Waals surface area contributed by atoms with Crippen molar-refractivity contribution in [1.29, 1.82) is 0 Å². The summed E-state index contributed by atoms with van der Waals surface area (Å²) < 4.78 is 5.10. The molecule has 0 aliphatic heterocycles. The number of esters is 1. The normalized spacial score (nSPS) is 10.7. The molecule has 0 unspecified atom stereocenters. The van der Waals surface area contributed by atoms with Gasteiger partial charge in [-0.15, -0.1) is 11.3 Å². The van der Waals surface area contributed by atoms with E-state index in [-0.39, 0.29) is 5.97 Å². The second kappa shape index (κ2) is 6.52. The zero-order valence-corrected chi connectivity index (χ0v) is 14.2. The number of ether oxygens (including phenoxy) is 1. The van der Waals surface area contributed by atoms with Crippen molar-refractivity contribution in [1.82, 2.24) is 9.97 Å². The summed E-state index contributed by atoms with van der Waals surface area (Å²) in [5, 5.41) is 6.27. The Morgan fingerprint density at radius 1 is 1.39 bits per heavy atom. The summed E-state index contributed by atoms with van der Waals surface area (Å²) in [6.07, 6.45) is 1.46. The fourth-order valence-corrected chi connectivity index (χ4v) is 3.19. The van der Waals surface area contributed by atoms with E-state index >= 15 is 0 Å². The molecule has 0 bridgehead atoms. The number of fused-ring (bicyclic) bond motifs is 1. The number of nitrogens with zero attached hydrogens (tertiary/aromatic N) is 2. The molecule has 0 aliphatic rings. The molecule has 0 aliphatic carbocycles. The van der Waals surface area contributed by atoms with Crippen molar-refractivity contribution in [2.75, 3.05) is 11.9 Å². The lowest BCUT2D eigenvalue weighted by atomic mass is 10.2. The van der Waals surface area contributed by atoms with E-state index in [0.29, 0.717) is 28.4 Å². The molecule has 1 N–H and O–H groups in total. The number of nitrogens with one attached hydrogen (secondary N) is 1. The van der Waals surface area contributed by atoms with E-state index in [0.717, 1.165) is 16.1 Å². The summed E-state index contributed by atoms with van der Waals surface area (Å²) in [7, 11) is 0. The van der Waals surface area contributed by atoms with Gasteiger partial charge in [-0.3, -0.25) is 0 Å². The summed E-state index contributed by atoms with van der Waals surface area (Å²) in [6.45, 7) is 4.03. The minimum atomic E-state index is -0.376. The topological polar surface area (TPSA) is 64.1 Å². The van der Waals surface area contributed by atoms with Crippen molar-refractivity contribution >= 4 is 50.6 Å². The summed E-state index contributed by atoms with van der Waals surface area (Å²) >= 11 is 7.54. The Labute approximate surface area is 142 Å². The highest BCUT2D eigenvalue weighted by Crippen LogP contribution is 2.32. The van der Waals surface area contributed by atoms with Crippen molar-refractivity contribution in [2.45, 2.75) is 13.8 Å². The average molecular weight is 348 g/mol. The first-order valence-electron chi connectivity index (χ1n) is 7.02. The number of aromatic nitrogens is 2. The summed E-state index contributed by atoms with van der Waals surface area (Å²) in [4.78, 5) is 21.3. The fourth-order valence-electron chi connectivity index (χ4n) is 2.14. The highest BCUT2D eigenvalue weighted by atomic mass is 35.5. The van der Waals surface area contributed by atoms with Crippen LogP contribution in [-0.2, 0) is 4.74 Å². The highest BCUT2D eigenvalue weighted by Gasteiger charge is 2.18. The Balaban J connectivity index is 2.04. The van der Waals surface area contributed by atoms with Gasteiger partial charge in [0.05, 0.1) is 17.6 Å². The predicted octanol–water partition coefficient (Wildman–Crippen LogP) is 4.57. The molecule has 5 nitrogen and oxygen atoms in total. The van der Waals surface area contributed by atoms with E-state index in [1.54, 1.807) is 12.3 Å². The maximum absolute atomic E-state index is 12.1. The second-order valence-electron chi connectivity index (χ2n) is 4.86. The van der Waals surface area contributed by atoms with Crippen LogP contribution >= 0.6 is 22.9 Å². The Morgan fingerprint density at radius 2 is 2.22 bits per heavy atom. The van der Waals surface area contributed by atoms with Crippen molar-refractivity contribution < 1.29 is 9.53 Å². The Kier molecular flexibility index (Phi) is 4.45. The van der Waals surface area contributed by atoms with Gasteiger partial charge in [-0.25, -0.2) is 14.8 Å². The van der Waals surface area contributed by atoms with Gasteiger partial charge < -0.3 is 10.1 Å². The molecule has 0 amide bonds. The van der Waals surface area contributed by atoms with E-state index in [1.807, 2.05) is 25.1 Å². The van der Waals surface area contributed by atoms with E-state index < -0.39 is 0 Å². The minimum absolute atomic E-state index is 0.320. The van der Waals surface area contributed by atoms with E-state index in [9.17, 15) is 4.79 Å². The zero-order valence-electron chi connectivity index (χ0n) is 12.6. The smallest absolute Gasteiger partial charge is 0.339 e. The second-order valence-corrected chi connectivity index (χ2v) is 6.13. The number of hydrogen-bond donors (Lipinski definition) is 1. The quantitative estimate of drug-likeness (QED) is 0.700. The molecular formula is C16H14ClN3O2S. The lowest BCUT2D eigenvalue weighted by Gasteiger charge is -2.09. The molecule has 0 radical (unpaired) electrons. The van der Waals surface area contributed by atoms with Crippen LogP contribution in [0.25, 0.3) is 10.2 Å². The van der Waals surface area contributed by atoms with Gasteiger partial charge in [-0.2, -0.15) is 0 Å². The van der Waals surface area contributed by atoms with Crippen LogP contribution < -0.4 is 5.32 Å². The summed E-state index contributed by atoms with van der Waals surface area (Å²) in [5.74, 6) is 0.178. The average Bonchev–Trinajstić information content (AvgIpc) is 2.96. The zero-order chi connectivity index (χ0) is 16.4. The van der Waals surface area contributed by atoms with Gasteiger partial charge >= 0.3 is 5.97 Å². The number of benzene rings is 1. The van der Waals surface area contributed by atoms with Crippen molar-refractivity contribution in [3.05, 3.63) is 46.1 Å². The molecule has 23 heavy (non-hydrogen) atoms. The lowest BCUT2D eigenvalue weighted by molar-refractivity contribution is 0.0529. The number of rotatable bonds is 4. The number of carbonyl (C=O) groups is 1. The van der Waals surface area contributed by atoms with Crippen LogP contribution in [0.15, 0.2) is 29.9 Å². The minimum Gasteiger partial charge on any atom is -0.462 e. The van der Waals surface area contributed by atoms with Crippen LogP contribution in [0.4, 0.5) is 11.5 Å². The maximum atomic E-state index is 12.1. The number of anilines is 2. The first-order chi connectivity index (χ1) is 11.1. The van der Waals surface area contributed by atoms with Crippen LogP contribution in [0.1, 0.15) is 22.8 Å². The van der Waals surface area contributed by atoms with E-state index in [1.165, 1.54) is 17.7 Å². The van der Waals surface area contributed by atoms with Crippen molar-refractivity contribution in [2.24, 2.45) is 0 Å².